The maximum absolute atomic E-state index is 10.7. The Balaban J connectivity index is 2.11. The van der Waals surface area contributed by atoms with E-state index in [9.17, 15) is 14.9 Å². The van der Waals surface area contributed by atoms with Crippen molar-refractivity contribution in [2.45, 2.75) is 20.1 Å². The third kappa shape index (κ3) is 6.22. The van der Waals surface area contributed by atoms with Gasteiger partial charge in [0.05, 0.1) is 18.1 Å². The molecule has 0 amide bonds. The maximum Gasteiger partial charge on any atom is 0.317 e. The molecule has 0 aromatic heterocycles. The molecule has 0 saturated carbocycles. The first-order valence-electron chi connectivity index (χ1n) is 8.14. The number of nitrogens with one attached hydrogen (secondary N) is 1. The average Bonchev–Trinajstić information content (AvgIpc) is 2.63. The first kappa shape index (κ1) is 20.7. The molecule has 0 fully saturated rings. The van der Waals surface area contributed by atoms with Gasteiger partial charge in [-0.15, -0.1) is 0 Å². The zero-order valence-electron chi connectivity index (χ0n) is 14.6. The molecule has 0 aliphatic carbocycles. The van der Waals surface area contributed by atoms with Crippen LogP contribution in [0.25, 0.3) is 0 Å². The molecule has 0 aliphatic heterocycles. The Labute approximate surface area is 164 Å². The summed E-state index contributed by atoms with van der Waals surface area (Å²) >= 11 is 3.45. The van der Waals surface area contributed by atoms with Gasteiger partial charge in [-0.05, 0) is 42.3 Å². The highest BCUT2D eigenvalue weighted by Gasteiger charge is 2.12. The number of carbonyl (C=O) groups is 1. The molecule has 2 aromatic rings. The van der Waals surface area contributed by atoms with E-state index in [-0.39, 0.29) is 18.8 Å². The molecule has 0 saturated heterocycles. The molecule has 0 spiro atoms. The minimum Gasteiger partial charge on any atom is -0.490 e. The van der Waals surface area contributed by atoms with Crippen LogP contribution in [-0.2, 0) is 17.9 Å². The fourth-order valence-corrected chi connectivity index (χ4v) is 2.74. The number of non-ortho nitro benzene ring substituents is 1. The van der Waals surface area contributed by atoms with Gasteiger partial charge in [0, 0.05) is 23.2 Å². The van der Waals surface area contributed by atoms with Gasteiger partial charge >= 0.3 is 5.97 Å². The van der Waals surface area contributed by atoms with Crippen molar-refractivity contribution >= 4 is 27.6 Å². The number of carboxylic acids is 1. The van der Waals surface area contributed by atoms with Crippen molar-refractivity contribution in [2.24, 2.45) is 0 Å². The number of nitrogens with zero attached hydrogens (tertiary/aromatic N) is 1. The molecule has 8 nitrogen and oxygen atoms in total. The van der Waals surface area contributed by atoms with E-state index < -0.39 is 10.9 Å². The Morgan fingerprint density at radius 2 is 1.89 bits per heavy atom. The molecular formula is C18H19BrN2O6. The number of carboxylic acid groups (broad SMARTS) is 1. The lowest BCUT2D eigenvalue weighted by Gasteiger charge is -2.15. The fraction of sp³-hybridized carbons (Fsp3) is 0.278. The quantitative estimate of drug-likeness (QED) is 0.431. The van der Waals surface area contributed by atoms with Crippen molar-refractivity contribution in [2.75, 3.05) is 13.2 Å². The molecule has 0 bridgehead atoms. The Kier molecular flexibility index (Phi) is 7.56. The van der Waals surface area contributed by atoms with Gasteiger partial charge in [0.2, 0.25) is 0 Å². The lowest BCUT2D eigenvalue weighted by molar-refractivity contribution is -0.384. The average molecular weight is 439 g/mol. The first-order chi connectivity index (χ1) is 12.9. The summed E-state index contributed by atoms with van der Waals surface area (Å²) in [4.78, 5) is 20.9. The zero-order chi connectivity index (χ0) is 19.8. The van der Waals surface area contributed by atoms with E-state index >= 15 is 0 Å². The Morgan fingerprint density at radius 1 is 1.22 bits per heavy atom. The van der Waals surface area contributed by atoms with Crippen molar-refractivity contribution < 1.29 is 24.3 Å². The largest absolute Gasteiger partial charge is 0.490 e. The van der Waals surface area contributed by atoms with E-state index in [1.165, 1.54) is 12.1 Å². The van der Waals surface area contributed by atoms with Crippen LogP contribution in [0.15, 0.2) is 40.9 Å². The molecule has 2 rings (SSSR count). The van der Waals surface area contributed by atoms with E-state index in [0.717, 1.165) is 15.6 Å². The van der Waals surface area contributed by atoms with Crippen LogP contribution >= 0.6 is 15.9 Å². The standard InChI is InChI=1S/C18H19BrN2O6/c1-2-26-16-7-13(9-20-10-18(22)23)15(19)8-17(16)27-11-12-3-5-14(6-4-12)21(24)25/h3-8,20H,2,9-11H2,1H3,(H,22,23). The van der Waals surface area contributed by atoms with Gasteiger partial charge in [-0.2, -0.15) is 0 Å². The second-order valence-corrected chi connectivity index (χ2v) is 6.39. The summed E-state index contributed by atoms with van der Waals surface area (Å²) < 4.78 is 12.2. The van der Waals surface area contributed by atoms with Gasteiger partial charge in [0.15, 0.2) is 11.5 Å². The number of ether oxygens (including phenoxy) is 2. The van der Waals surface area contributed by atoms with Crippen molar-refractivity contribution in [1.82, 2.24) is 5.32 Å². The second-order valence-electron chi connectivity index (χ2n) is 5.53. The molecule has 2 aromatic carbocycles. The molecule has 0 aliphatic rings. The summed E-state index contributed by atoms with van der Waals surface area (Å²) in [7, 11) is 0. The highest BCUT2D eigenvalue weighted by atomic mass is 79.9. The van der Waals surface area contributed by atoms with Gasteiger partial charge in [-0.1, -0.05) is 15.9 Å². The van der Waals surface area contributed by atoms with E-state index in [0.29, 0.717) is 24.7 Å². The van der Waals surface area contributed by atoms with Crippen LogP contribution in [0.1, 0.15) is 18.1 Å². The van der Waals surface area contributed by atoms with Crippen LogP contribution in [0.5, 0.6) is 11.5 Å². The van der Waals surface area contributed by atoms with Crippen LogP contribution in [0, 0.1) is 10.1 Å². The minimum absolute atomic E-state index is 0.0229. The van der Waals surface area contributed by atoms with E-state index in [1.54, 1.807) is 24.3 Å². The summed E-state index contributed by atoms with van der Waals surface area (Å²) in [5, 5.41) is 22.2. The van der Waals surface area contributed by atoms with E-state index in [2.05, 4.69) is 21.2 Å². The van der Waals surface area contributed by atoms with Crippen molar-refractivity contribution in [3.8, 4) is 11.5 Å². The number of rotatable bonds is 10. The Morgan fingerprint density at radius 3 is 2.48 bits per heavy atom. The molecule has 27 heavy (non-hydrogen) atoms. The van der Waals surface area contributed by atoms with Gasteiger partial charge in [-0.3, -0.25) is 14.9 Å². The van der Waals surface area contributed by atoms with Crippen LogP contribution in [-0.4, -0.2) is 29.2 Å². The monoisotopic (exact) mass is 438 g/mol. The lowest BCUT2D eigenvalue weighted by atomic mass is 10.2. The number of nitro benzene ring substituents is 1. The summed E-state index contributed by atoms with van der Waals surface area (Å²) in [5.41, 5.74) is 1.64. The van der Waals surface area contributed by atoms with Crippen LogP contribution in [0.3, 0.4) is 0 Å². The smallest absolute Gasteiger partial charge is 0.317 e. The third-order valence-corrected chi connectivity index (χ3v) is 4.28. The number of aliphatic carboxylic acids is 1. The van der Waals surface area contributed by atoms with Gasteiger partial charge in [-0.25, -0.2) is 0 Å². The van der Waals surface area contributed by atoms with Crippen LogP contribution in [0.4, 0.5) is 5.69 Å². The molecule has 2 N–H and O–H groups in total. The third-order valence-electron chi connectivity index (χ3n) is 3.55. The number of halogens is 1. The topological polar surface area (TPSA) is 111 Å². The number of hydrogen-bond donors (Lipinski definition) is 2. The van der Waals surface area contributed by atoms with Crippen molar-refractivity contribution in [3.63, 3.8) is 0 Å². The SMILES string of the molecule is CCOc1cc(CNCC(=O)O)c(Br)cc1OCc1ccc([N+](=O)[O-])cc1. The predicted octanol–water partition coefficient (Wildman–Crippen LogP) is 3.51. The number of nitro groups is 1. The minimum atomic E-state index is -0.931. The van der Waals surface area contributed by atoms with Crippen molar-refractivity contribution in [3.05, 3.63) is 62.1 Å². The highest BCUT2D eigenvalue weighted by molar-refractivity contribution is 9.10. The molecule has 144 valence electrons. The van der Waals surface area contributed by atoms with Gasteiger partial charge < -0.3 is 19.9 Å². The van der Waals surface area contributed by atoms with Crippen LogP contribution < -0.4 is 14.8 Å². The Bertz CT molecular complexity index is 810. The summed E-state index contributed by atoms with van der Waals surface area (Å²) in [6, 6.07) is 9.67. The molecular weight excluding hydrogens is 420 g/mol. The predicted molar refractivity (Wildman–Crippen MR) is 102 cm³/mol. The zero-order valence-corrected chi connectivity index (χ0v) is 16.2. The van der Waals surface area contributed by atoms with Gasteiger partial charge in [0.25, 0.3) is 5.69 Å². The second kappa shape index (κ2) is 9.89. The fourth-order valence-electron chi connectivity index (χ4n) is 2.27. The highest BCUT2D eigenvalue weighted by Crippen LogP contribution is 2.34. The summed E-state index contributed by atoms with van der Waals surface area (Å²) in [6.07, 6.45) is 0. The first-order valence-corrected chi connectivity index (χ1v) is 8.94. The maximum atomic E-state index is 10.7. The molecule has 0 atom stereocenters. The molecule has 9 heteroatoms. The number of benzene rings is 2. The lowest BCUT2D eigenvalue weighted by Crippen LogP contribution is -2.22. The van der Waals surface area contributed by atoms with Gasteiger partial charge in [0.1, 0.15) is 6.61 Å². The van der Waals surface area contributed by atoms with E-state index in [4.69, 9.17) is 14.6 Å². The van der Waals surface area contributed by atoms with Crippen LogP contribution in [0.2, 0.25) is 0 Å². The molecule has 0 radical (unpaired) electrons. The molecule has 0 unspecified atom stereocenters. The normalized spacial score (nSPS) is 10.4. The number of hydrogen-bond acceptors (Lipinski definition) is 6. The molecule has 0 heterocycles. The Hall–Kier alpha value is -2.65. The van der Waals surface area contributed by atoms with Crippen molar-refractivity contribution in [1.29, 1.82) is 0 Å². The summed E-state index contributed by atoms with van der Waals surface area (Å²) in [5.74, 6) is 0.123. The summed E-state index contributed by atoms with van der Waals surface area (Å²) in [6.45, 7) is 2.73. The van der Waals surface area contributed by atoms with E-state index in [1.807, 2.05) is 6.92 Å².